The molecule has 0 saturated heterocycles. The molecule has 0 fully saturated rings. The molecule has 3 aromatic rings. The number of benzene rings is 2. The smallest absolute Gasteiger partial charge is 0.272 e. The molecule has 136 valence electrons. The van der Waals surface area contributed by atoms with Crippen molar-refractivity contribution in [3.8, 4) is 0 Å². The molecule has 2 aromatic carbocycles. The van der Waals surface area contributed by atoms with E-state index in [1.54, 1.807) is 23.7 Å². The van der Waals surface area contributed by atoms with Gasteiger partial charge in [-0.05, 0) is 41.0 Å². The molecule has 1 N–H and O–H groups in total. The van der Waals surface area contributed by atoms with Crippen LogP contribution in [0.25, 0.3) is 5.70 Å². The predicted molar refractivity (Wildman–Crippen MR) is 101 cm³/mol. The van der Waals surface area contributed by atoms with Crippen LogP contribution in [0.15, 0.2) is 48.5 Å². The fourth-order valence-electron chi connectivity index (χ4n) is 3.18. The maximum atomic E-state index is 11.3. The van der Waals surface area contributed by atoms with Crippen molar-refractivity contribution >= 4 is 17.3 Å². The van der Waals surface area contributed by atoms with Gasteiger partial charge in [0.2, 0.25) is 5.95 Å². The summed E-state index contributed by atoms with van der Waals surface area (Å²) >= 11 is 0. The fraction of sp³-hybridized carbons (Fsp3) is 0.211. The van der Waals surface area contributed by atoms with Gasteiger partial charge >= 0.3 is 0 Å². The van der Waals surface area contributed by atoms with Gasteiger partial charge < -0.3 is 5.32 Å². The highest BCUT2D eigenvalue weighted by Gasteiger charge is 2.25. The van der Waals surface area contributed by atoms with Crippen LogP contribution < -0.4 is 5.32 Å². The number of tetrazole rings is 1. The summed E-state index contributed by atoms with van der Waals surface area (Å²) in [5.41, 5.74) is 4.46. The van der Waals surface area contributed by atoms with E-state index >= 15 is 0 Å². The zero-order valence-electron chi connectivity index (χ0n) is 15.0. The third kappa shape index (κ3) is 3.05. The number of hydrogen-bond donors (Lipinski definition) is 1. The predicted octanol–water partition coefficient (Wildman–Crippen LogP) is 3.51. The molecule has 1 atom stereocenters. The Morgan fingerprint density at radius 3 is 2.70 bits per heavy atom. The standard InChI is InChI=1S/C19H18N6O2/c1-3-13-5-8-14(9-6-13)18-11-16(20-19-21-22-23-24(18)19)15-7-4-12(2)17(10-15)25(26)27/h4-11,18H,3H2,1-2H3,(H,20,21,23). The molecule has 8 heteroatoms. The summed E-state index contributed by atoms with van der Waals surface area (Å²) in [6.45, 7) is 3.84. The second-order valence-electron chi connectivity index (χ2n) is 6.45. The lowest BCUT2D eigenvalue weighted by Crippen LogP contribution is -2.20. The van der Waals surface area contributed by atoms with Crippen molar-refractivity contribution in [2.24, 2.45) is 0 Å². The van der Waals surface area contributed by atoms with Crippen LogP contribution in [0, 0.1) is 17.0 Å². The fourth-order valence-corrected chi connectivity index (χ4v) is 3.18. The minimum Gasteiger partial charge on any atom is -0.323 e. The summed E-state index contributed by atoms with van der Waals surface area (Å²) in [4.78, 5) is 10.9. The minimum atomic E-state index is -0.368. The molecule has 1 aliphatic heterocycles. The lowest BCUT2D eigenvalue weighted by Gasteiger charge is -2.23. The van der Waals surface area contributed by atoms with Gasteiger partial charge in [-0.15, -0.1) is 0 Å². The van der Waals surface area contributed by atoms with Gasteiger partial charge in [-0.2, -0.15) is 4.68 Å². The first-order chi connectivity index (χ1) is 13.1. The molecule has 1 unspecified atom stereocenters. The van der Waals surface area contributed by atoms with Crippen LogP contribution in [0.5, 0.6) is 0 Å². The number of rotatable bonds is 4. The van der Waals surface area contributed by atoms with Crippen molar-refractivity contribution in [2.75, 3.05) is 5.32 Å². The number of nitro groups is 1. The van der Waals surface area contributed by atoms with Crippen LogP contribution in [0.2, 0.25) is 0 Å². The molecule has 4 rings (SSSR count). The van der Waals surface area contributed by atoms with Gasteiger partial charge in [0.1, 0.15) is 6.04 Å². The van der Waals surface area contributed by atoms with Crippen LogP contribution in [0.1, 0.15) is 35.2 Å². The zero-order chi connectivity index (χ0) is 19.0. The maximum Gasteiger partial charge on any atom is 0.272 e. The maximum absolute atomic E-state index is 11.3. The van der Waals surface area contributed by atoms with E-state index in [1.807, 2.05) is 12.1 Å². The van der Waals surface area contributed by atoms with Gasteiger partial charge in [-0.3, -0.25) is 10.1 Å². The monoisotopic (exact) mass is 362 g/mol. The minimum absolute atomic E-state index is 0.0872. The van der Waals surface area contributed by atoms with Gasteiger partial charge in [0.25, 0.3) is 5.69 Å². The molecule has 0 aliphatic carbocycles. The summed E-state index contributed by atoms with van der Waals surface area (Å²) < 4.78 is 1.70. The van der Waals surface area contributed by atoms with Gasteiger partial charge in [0.15, 0.2) is 0 Å². The molecular weight excluding hydrogens is 344 g/mol. The Bertz CT molecular complexity index is 1040. The Balaban J connectivity index is 1.79. The SMILES string of the molecule is CCc1ccc(C2C=C(c3ccc(C)c([N+](=O)[O-])c3)Nc3nnnn32)cc1. The summed E-state index contributed by atoms with van der Waals surface area (Å²) in [7, 11) is 0. The third-order valence-electron chi connectivity index (χ3n) is 4.77. The number of anilines is 1. The van der Waals surface area contributed by atoms with Gasteiger partial charge in [0.05, 0.1) is 4.92 Å². The lowest BCUT2D eigenvalue weighted by molar-refractivity contribution is -0.385. The normalized spacial score (nSPS) is 15.6. The van der Waals surface area contributed by atoms with Crippen LogP contribution in [-0.2, 0) is 6.42 Å². The van der Waals surface area contributed by atoms with Gasteiger partial charge in [0, 0.05) is 22.9 Å². The summed E-state index contributed by atoms with van der Waals surface area (Å²) in [5.74, 6) is 0.500. The Morgan fingerprint density at radius 1 is 1.22 bits per heavy atom. The van der Waals surface area contributed by atoms with Crippen molar-refractivity contribution in [2.45, 2.75) is 26.3 Å². The highest BCUT2D eigenvalue weighted by Crippen LogP contribution is 2.33. The van der Waals surface area contributed by atoms with E-state index in [9.17, 15) is 10.1 Å². The average molecular weight is 362 g/mol. The zero-order valence-corrected chi connectivity index (χ0v) is 15.0. The second-order valence-corrected chi connectivity index (χ2v) is 6.45. The number of nitro benzene ring substituents is 1. The number of allylic oxidation sites excluding steroid dienone is 1. The van der Waals surface area contributed by atoms with E-state index in [2.05, 4.69) is 52.0 Å². The molecule has 0 amide bonds. The van der Waals surface area contributed by atoms with E-state index in [0.29, 0.717) is 11.5 Å². The molecule has 0 radical (unpaired) electrons. The Kier molecular flexibility index (Phi) is 4.15. The largest absolute Gasteiger partial charge is 0.323 e. The van der Waals surface area contributed by atoms with Crippen molar-refractivity contribution in [1.29, 1.82) is 0 Å². The average Bonchev–Trinajstić information content (AvgIpc) is 3.16. The van der Waals surface area contributed by atoms with E-state index in [4.69, 9.17) is 0 Å². The van der Waals surface area contributed by atoms with Gasteiger partial charge in [-0.25, -0.2) is 0 Å². The molecule has 0 saturated carbocycles. The third-order valence-corrected chi connectivity index (χ3v) is 4.77. The number of hydrogen-bond acceptors (Lipinski definition) is 6. The van der Waals surface area contributed by atoms with E-state index < -0.39 is 0 Å². The number of fused-ring (bicyclic) bond motifs is 1. The molecule has 8 nitrogen and oxygen atoms in total. The van der Waals surface area contributed by atoms with E-state index in [1.165, 1.54) is 5.56 Å². The molecule has 27 heavy (non-hydrogen) atoms. The summed E-state index contributed by atoms with van der Waals surface area (Å²) in [5, 5.41) is 26.3. The molecule has 0 bridgehead atoms. The van der Waals surface area contributed by atoms with Crippen LogP contribution in [-0.4, -0.2) is 25.1 Å². The number of nitrogens with zero attached hydrogens (tertiary/aromatic N) is 5. The lowest BCUT2D eigenvalue weighted by atomic mass is 9.99. The molecule has 1 aromatic heterocycles. The first kappa shape index (κ1) is 16.9. The van der Waals surface area contributed by atoms with Crippen molar-refractivity contribution in [3.63, 3.8) is 0 Å². The van der Waals surface area contributed by atoms with Crippen LogP contribution >= 0.6 is 0 Å². The highest BCUT2D eigenvalue weighted by molar-refractivity contribution is 5.78. The van der Waals surface area contributed by atoms with E-state index in [-0.39, 0.29) is 16.7 Å². The molecule has 1 aliphatic rings. The Labute approximate surface area is 155 Å². The van der Waals surface area contributed by atoms with E-state index in [0.717, 1.165) is 23.2 Å². The summed E-state index contributed by atoms with van der Waals surface area (Å²) in [6, 6.07) is 13.3. The van der Waals surface area contributed by atoms with Gasteiger partial charge in [-0.1, -0.05) is 48.4 Å². The number of aromatic nitrogens is 4. The van der Waals surface area contributed by atoms with Crippen LogP contribution in [0.3, 0.4) is 0 Å². The number of nitrogens with one attached hydrogen (secondary N) is 1. The molecule has 0 spiro atoms. The number of aryl methyl sites for hydroxylation is 2. The molecular formula is C19H18N6O2. The first-order valence-corrected chi connectivity index (χ1v) is 8.67. The van der Waals surface area contributed by atoms with Crippen molar-refractivity contribution in [3.05, 3.63) is 80.9 Å². The highest BCUT2D eigenvalue weighted by atomic mass is 16.6. The Morgan fingerprint density at radius 2 is 2.00 bits per heavy atom. The quantitative estimate of drug-likeness (QED) is 0.563. The van der Waals surface area contributed by atoms with Crippen molar-refractivity contribution in [1.82, 2.24) is 20.2 Å². The first-order valence-electron chi connectivity index (χ1n) is 8.67. The Hall–Kier alpha value is -3.55. The topological polar surface area (TPSA) is 98.8 Å². The summed E-state index contributed by atoms with van der Waals surface area (Å²) in [6.07, 6.45) is 2.95. The second kappa shape index (κ2) is 6.64. The van der Waals surface area contributed by atoms with Crippen LogP contribution in [0.4, 0.5) is 11.6 Å². The molecule has 2 heterocycles. The van der Waals surface area contributed by atoms with Crippen molar-refractivity contribution < 1.29 is 4.92 Å².